The molecule has 4 atom stereocenters. The first-order valence-electron chi connectivity index (χ1n) is 18.5. The van der Waals surface area contributed by atoms with Crippen LogP contribution in [0.5, 0.6) is 0 Å². The second-order valence-corrected chi connectivity index (χ2v) is 15.5. The Bertz CT molecular complexity index is 1750. The zero-order valence-electron chi connectivity index (χ0n) is 32.5. The summed E-state index contributed by atoms with van der Waals surface area (Å²) in [4.78, 5) is 56.7. The number of carbonyl (C=O) groups excluding carboxylic acids is 4. The third kappa shape index (κ3) is 10.1. The lowest BCUT2D eigenvalue weighted by Crippen LogP contribution is -2.44. The standard InChI is InChI=1S/C38H54N6O10/c1-9-10-18-51-37(7,8)34(48)43-32-25-16-17-27(44(25)41-22-40-32)38(21-39)31(46)30(26(53-38)20-50-28(45)19-24-14-12-11-13-15-24)52-33(47)29(23(2)3)42-35(49)54-36(4,5)6/h16-17,22,24,26,30-31,46H,9-15,18-20H2,1-8H3,(H,42,49)(H,40,41,43,48)/t26-,30-,31-,38+/m1/s1. The third-order valence-corrected chi connectivity index (χ3v) is 9.33. The number of aliphatic hydroxyl groups excluding tert-OH is 1. The van der Waals surface area contributed by atoms with Gasteiger partial charge >= 0.3 is 18.0 Å². The van der Waals surface area contributed by atoms with Gasteiger partial charge in [-0.1, -0.05) is 32.6 Å². The molecule has 3 heterocycles. The molecule has 2 amide bonds. The molecular formula is C38H54N6O10. The number of aromatic nitrogens is 3. The molecule has 2 aliphatic rings. The van der Waals surface area contributed by atoms with Crippen LogP contribution in [0.25, 0.3) is 5.52 Å². The number of nitrogens with zero attached hydrogens (tertiary/aromatic N) is 4. The monoisotopic (exact) mass is 754 g/mol. The number of fused-ring (bicyclic) bond motifs is 1. The second kappa shape index (κ2) is 17.7. The predicted molar refractivity (Wildman–Crippen MR) is 195 cm³/mol. The fourth-order valence-corrected chi connectivity index (χ4v) is 6.38. The maximum atomic E-state index is 13.7. The zero-order chi connectivity index (χ0) is 39.8. The number of ether oxygens (including phenoxy) is 5. The van der Waals surface area contributed by atoms with Gasteiger partial charge in [0.25, 0.3) is 5.91 Å². The molecule has 54 heavy (non-hydrogen) atoms. The predicted octanol–water partition coefficient (Wildman–Crippen LogP) is 4.99. The van der Waals surface area contributed by atoms with Crippen LogP contribution in [0, 0.1) is 17.2 Å². The van der Waals surface area contributed by atoms with Gasteiger partial charge in [0.2, 0.25) is 5.60 Å². The summed E-state index contributed by atoms with van der Waals surface area (Å²) >= 11 is 0. The third-order valence-electron chi connectivity index (χ3n) is 9.33. The van der Waals surface area contributed by atoms with E-state index in [1.165, 1.54) is 16.6 Å². The van der Waals surface area contributed by atoms with Gasteiger partial charge in [0.15, 0.2) is 11.9 Å². The number of esters is 2. The molecule has 296 valence electrons. The number of nitriles is 1. The summed E-state index contributed by atoms with van der Waals surface area (Å²) in [7, 11) is 0. The van der Waals surface area contributed by atoms with Crippen molar-refractivity contribution < 1.29 is 48.0 Å². The topological polar surface area (TPSA) is 213 Å². The van der Waals surface area contributed by atoms with Crippen LogP contribution in [0.4, 0.5) is 10.6 Å². The summed E-state index contributed by atoms with van der Waals surface area (Å²) in [6.45, 7) is 13.4. The molecule has 2 fully saturated rings. The number of hydrogen-bond acceptors (Lipinski definition) is 13. The summed E-state index contributed by atoms with van der Waals surface area (Å²) < 4.78 is 30.0. The molecule has 0 spiro atoms. The minimum absolute atomic E-state index is 0.0234. The summed E-state index contributed by atoms with van der Waals surface area (Å²) in [6.07, 6.45) is 2.40. The molecule has 0 aromatic carbocycles. The molecule has 0 unspecified atom stereocenters. The quantitative estimate of drug-likeness (QED) is 0.101. The lowest BCUT2D eigenvalue weighted by Gasteiger charge is -2.25. The van der Waals surface area contributed by atoms with E-state index < -0.39 is 65.7 Å². The van der Waals surface area contributed by atoms with Crippen molar-refractivity contribution in [2.24, 2.45) is 5.92 Å². The highest BCUT2D eigenvalue weighted by Crippen LogP contribution is 2.42. The van der Waals surface area contributed by atoms with Crippen LogP contribution in [0.3, 0.4) is 0 Å². The summed E-state index contributed by atoms with van der Waals surface area (Å²) in [5.41, 5.74) is -3.87. The Hall–Kier alpha value is -4.59. The smallest absolute Gasteiger partial charge is 0.412 e. The SMILES string of the molecule is CCCCOC(C)(C)C(=O)Nc1ncnn2c([C@]3(C#N)O[C@H](COC(=O)CC4CCCCC4)[C@@H](OC(=O)C(NC(=O)OC(C)(C)C)=C(C)C)[C@H]3O)ccc12. The zero-order valence-corrected chi connectivity index (χ0v) is 32.5. The number of amides is 2. The van der Waals surface area contributed by atoms with Gasteiger partial charge in [-0.25, -0.2) is 19.1 Å². The van der Waals surface area contributed by atoms with Crippen LogP contribution in [-0.4, -0.2) is 86.4 Å². The maximum Gasteiger partial charge on any atom is 0.412 e. The molecule has 1 aliphatic heterocycles. The molecule has 16 nitrogen and oxygen atoms in total. The van der Waals surface area contributed by atoms with Gasteiger partial charge in [-0.15, -0.1) is 0 Å². The van der Waals surface area contributed by atoms with Crippen LogP contribution in [0.2, 0.25) is 0 Å². The van der Waals surface area contributed by atoms with Gasteiger partial charge in [0.05, 0.1) is 5.69 Å². The van der Waals surface area contributed by atoms with E-state index >= 15 is 0 Å². The van der Waals surface area contributed by atoms with Gasteiger partial charge in [0, 0.05) is 13.0 Å². The fourth-order valence-electron chi connectivity index (χ4n) is 6.38. The molecule has 4 rings (SSSR count). The minimum Gasteiger partial charge on any atom is -0.463 e. The number of rotatable bonds is 14. The number of aliphatic hydroxyl groups is 1. The molecule has 0 radical (unpaired) electrons. The van der Waals surface area contributed by atoms with Gasteiger partial charge in [0.1, 0.15) is 53.6 Å². The van der Waals surface area contributed by atoms with Crippen LogP contribution < -0.4 is 10.6 Å². The van der Waals surface area contributed by atoms with E-state index in [-0.39, 0.29) is 35.1 Å². The average Bonchev–Trinajstić information content (AvgIpc) is 3.65. The van der Waals surface area contributed by atoms with E-state index in [9.17, 15) is 29.5 Å². The largest absolute Gasteiger partial charge is 0.463 e. The van der Waals surface area contributed by atoms with Crippen LogP contribution in [0.15, 0.2) is 29.7 Å². The van der Waals surface area contributed by atoms with Crippen LogP contribution in [-0.2, 0) is 43.7 Å². The van der Waals surface area contributed by atoms with Gasteiger partial charge in [-0.2, -0.15) is 10.4 Å². The number of alkyl carbamates (subject to hydrolysis) is 1. The van der Waals surface area contributed by atoms with Crippen LogP contribution in [0.1, 0.15) is 112 Å². The van der Waals surface area contributed by atoms with Crippen molar-refractivity contribution in [3.05, 3.63) is 35.4 Å². The van der Waals surface area contributed by atoms with Crippen molar-refractivity contribution >= 4 is 35.3 Å². The number of unbranched alkanes of at least 4 members (excludes halogenated alkanes) is 1. The van der Waals surface area contributed by atoms with E-state index in [4.69, 9.17) is 23.7 Å². The Balaban J connectivity index is 1.65. The van der Waals surface area contributed by atoms with Gasteiger partial charge in [-0.05, 0) is 91.4 Å². The highest BCUT2D eigenvalue weighted by Gasteiger charge is 2.60. The van der Waals surface area contributed by atoms with E-state index in [0.717, 1.165) is 51.3 Å². The Morgan fingerprint density at radius 2 is 1.81 bits per heavy atom. The molecule has 0 bridgehead atoms. The van der Waals surface area contributed by atoms with E-state index in [2.05, 4.69) is 20.7 Å². The average molecular weight is 755 g/mol. The fraction of sp³-hybridized carbons (Fsp3) is 0.658. The van der Waals surface area contributed by atoms with Crippen molar-refractivity contribution in [1.29, 1.82) is 5.26 Å². The number of hydrogen-bond donors (Lipinski definition) is 3. The van der Waals surface area contributed by atoms with Crippen molar-refractivity contribution in [3.63, 3.8) is 0 Å². The lowest BCUT2D eigenvalue weighted by molar-refractivity contribution is -0.158. The number of carbonyl (C=O) groups is 4. The Morgan fingerprint density at radius 1 is 1.11 bits per heavy atom. The van der Waals surface area contributed by atoms with Crippen molar-refractivity contribution in [1.82, 2.24) is 19.9 Å². The lowest BCUT2D eigenvalue weighted by atomic mass is 9.87. The van der Waals surface area contributed by atoms with Crippen molar-refractivity contribution in [3.8, 4) is 6.07 Å². The minimum atomic E-state index is -2.22. The van der Waals surface area contributed by atoms with Gasteiger partial charge in [-0.3, -0.25) is 14.9 Å². The molecule has 2 aromatic rings. The highest BCUT2D eigenvalue weighted by atomic mass is 16.6. The Morgan fingerprint density at radius 3 is 2.44 bits per heavy atom. The summed E-state index contributed by atoms with van der Waals surface area (Å²) in [5.74, 6) is -1.71. The van der Waals surface area contributed by atoms with Crippen molar-refractivity contribution in [2.75, 3.05) is 18.5 Å². The van der Waals surface area contributed by atoms with E-state index in [0.29, 0.717) is 12.2 Å². The molecule has 3 N–H and O–H groups in total. The Kier molecular flexibility index (Phi) is 13.8. The number of allylic oxidation sites excluding steroid dienone is 1. The van der Waals surface area contributed by atoms with Crippen LogP contribution >= 0.6 is 0 Å². The summed E-state index contributed by atoms with van der Waals surface area (Å²) in [5, 5.41) is 32.1. The highest BCUT2D eigenvalue weighted by molar-refractivity contribution is 5.98. The number of anilines is 1. The first-order chi connectivity index (χ1) is 25.4. The summed E-state index contributed by atoms with van der Waals surface area (Å²) in [6, 6.07) is 5.04. The van der Waals surface area contributed by atoms with E-state index in [1.54, 1.807) is 48.5 Å². The maximum absolute atomic E-state index is 13.7. The molecule has 2 aromatic heterocycles. The van der Waals surface area contributed by atoms with Gasteiger partial charge < -0.3 is 34.1 Å². The second-order valence-electron chi connectivity index (χ2n) is 15.5. The first-order valence-corrected chi connectivity index (χ1v) is 18.5. The molecule has 1 saturated carbocycles. The molecule has 1 aliphatic carbocycles. The first kappa shape index (κ1) is 42.2. The molecule has 16 heteroatoms. The van der Waals surface area contributed by atoms with E-state index in [1.807, 2.05) is 13.0 Å². The normalized spacial score (nSPS) is 21.9. The van der Waals surface area contributed by atoms with Crippen molar-refractivity contribution in [2.45, 2.75) is 142 Å². The molecule has 1 saturated heterocycles. The number of nitrogens with one attached hydrogen (secondary N) is 2. The Labute approximate surface area is 315 Å². The molecular weight excluding hydrogens is 700 g/mol.